The minimum absolute atomic E-state index is 0.0655. The number of thiazole rings is 1. The van der Waals surface area contributed by atoms with Crippen LogP contribution in [0.15, 0.2) is 42.0 Å². The van der Waals surface area contributed by atoms with Gasteiger partial charge in [0.05, 0.1) is 18.2 Å². The van der Waals surface area contributed by atoms with Crippen LogP contribution in [-0.2, 0) is 9.53 Å². The van der Waals surface area contributed by atoms with E-state index in [4.69, 9.17) is 4.74 Å². The van der Waals surface area contributed by atoms with Gasteiger partial charge < -0.3 is 15.0 Å². The zero-order chi connectivity index (χ0) is 19.5. The van der Waals surface area contributed by atoms with E-state index < -0.39 is 0 Å². The number of nitrogens with one attached hydrogen (secondary N) is 1. The van der Waals surface area contributed by atoms with Gasteiger partial charge in [-0.05, 0) is 31.9 Å². The Morgan fingerprint density at radius 3 is 2.89 bits per heavy atom. The van der Waals surface area contributed by atoms with E-state index in [2.05, 4.69) is 10.3 Å². The summed E-state index contributed by atoms with van der Waals surface area (Å²) in [6, 6.07) is 7.67. The number of hydrogen-bond acceptors (Lipinski definition) is 5. The first-order chi connectivity index (χ1) is 13.6. The van der Waals surface area contributed by atoms with Crippen LogP contribution in [0.3, 0.4) is 0 Å². The lowest BCUT2D eigenvalue weighted by molar-refractivity contribution is -0.121. The van der Waals surface area contributed by atoms with Gasteiger partial charge in [0.15, 0.2) is 4.96 Å². The topological polar surface area (TPSA) is 75.9 Å². The first kappa shape index (κ1) is 18.5. The lowest BCUT2D eigenvalue weighted by atomic mass is 9.97. The summed E-state index contributed by atoms with van der Waals surface area (Å²) in [7, 11) is 0. The number of ether oxygens (including phenoxy) is 1. The van der Waals surface area contributed by atoms with Crippen molar-refractivity contribution in [3.63, 3.8) is 0 Å². The Hall–Kier alpha value is -2.87. The first-order valence-electron chi connectivity index (χ1n) is 9.39. The summed E-state index contributed by atoms with van der Waals surface area (Å²) < 4.78 is 7.04. The smallest absolute Gasteiger partial charge is 0.409 e. The maximum Gasteiger partial charge on any atom is 0.409 e. The predicted octanol–water partition coefficient (Wildman–Crippen LogP) is 3.87. The Labute approximate surface area is 166 Å². The van der Waals surface area contributed by atoms with Gasteiger partial charge in [-0.3, -0.25) is 9.20 Å². The number of carbonyl (C=O) groups excluding carboxylic acids is 2. The molecule has 4 rings (SSSR count). The molecule has 1 fully saturated rings. The van der Waals surface area contributed by atoms with Crippen molar-refractivity contribution in [2.45, 2.75) is 19.8 Å². The molecule has 0 spiro atoms. The minimum atomic E-state index is -0.343. The van der Waals surface area contributed by atoms with Gasteiger partial charge in [-0.25, -0.2) is 9.78 Å². The zero-order valence-corrected chi connectivity index (χ0v) is 16.4. The Bertz CT molecular complexity index is 950. The lowest BCUT2D eigenvalue weighted by Gasteiger charge is -2.31. The maximum atomic E-state index is 12.6. The third-order valence-electron chi connectivity index (χ3n) is 4.86. The van der Waals surface area contributed by atoms with Gasteiger partial charge in [-0.15, -0.1) is 11.3 Å². The molecule has 0 aliphatic carbocycles. The summed E-state index contributed by atoms with van der Waals surface area (Å²) in [5.41, 5.74) is 2.64. The molecule has 1 aliphatic rings. The van der Waals surface area contributed by atoms with Gasteiger partial charge in [0.1, 0.15) is 0 Å². The fourth-order valence-electron chi connectivity index (χ4n) is 3.41. The second-order valence-electron chi connectivity index (χ2n) is 6.77. The van der Waals surface area contributed by atoms with Crippen LogP contribution in [0.4, 0.5) is 10.5 Å². The van der Waals surface area contributed by atoms with E-state index in [1.54, 1.807) is 23.2 Å². The molecular weight excluding hydrogens is 376 g/mol. The maximum absolute atomic E-state index is 12.6. The van der Waals surface area contributed by atoms with E-state index in [0.29, 0.717) is 19.7 Å². The van der Waals surface area contributed by atoms with Crippen molar-refractivity contribution in [3.05, 3.63) is 42.0 Å². The van der Waals surface area contributed by atoms with E-state index >= 15 is 0 Å². The molecule has 1 saturated heterocycles. The summed E-state index contributed by atoms with van der Waals surface area (Å²) in [6.45, 7) is 3.16. The number of aromatic nitrogens is 2. The van der Waals surface area contributed by atoms with Crippen LogP contribution in [0.2, 0.25) is 0 Å². The van der Waals surface area contributed by atoms with Crippen LogP contribution in [0.25, 0.3) is 16.2 Å². The molecule has 2 amide bonds. The monoisotopic (exact) mass is 398 g/mol. The van der Waals surface area contributed by atoms with E-state index in [0.717, 1.165) is 34.7 Å². The first-order valence-corrected chi connectivity index (χ1v) is 10.3. The van der Waals surface area contributed by atoms with Crippen molar-refractivity contribution in [1.82, 2.24) is 14.3 Å². The molecule has 1 aromatic carbocycles. The number of anilines is 1. The van der Waals surface area contributed by atoms with Gasteiger partial charge in [0.25, 0.3) is 0 Å². The molecule has 1 aliphatic heterocycles. The molecule has 1 unspecified atom stereocenters. The Kier molecular flexibility index (Phi) is 5.29. The molecule has 0 saturated carbocycles. The van der Waals surface area contributed by atoms with Gasteiger partial charge in [-0.1, -0.05) is 12.1 Å². The highest BCUT2D eigenvalue weighted by Crippen LogP contribution is 2.24. The number of hydrogen-bond donors (Lipinski definition) is 1. The summed E-state index contributed by atoms with van der Waals surface area (Å²) in [5, 5.41) is 4.96. The summed E-state index contributed by atoms with van der Waals surface area (Å²) in [6.07, 6.45) is 5.20. The quantitative estimate of drug-likeness (QED) is 0.724. The van der Waals surface area contributed by atoms with Crippen LogP contribution in [-0.4, -0.2) is 46.0 Å². The van der Waals surface area contributed by atoms with Crippen molar-refractivity contribution in [1.29, 1.82) is 0 Å². The summed E-state index contributed by atoms with van der Waals surface area (Å²) >= 11 is 1.59. The highest BCUT2D eigenvalue weighted by atomic mass is 32.1. The number of benzene rings is 1. The summed E-state index contributed by atoms with van der Waals surface area (Å²) in [5.74, 6) is -0.290. The highest BCUT2D eigenvalue weighted by molar-refractivity contribution is 7.15. The zero-order valence-electron chi connectivity index (χ0n) is 15.6. The molecule has 1 atom stereocenters. The second kappa shape index (κ2) is 8.02. The molecule has 3 heterocycles. The molecular formula is C20H22N4O3S. The lowest BCUT2D eigenvalue weighted by Crippen LogP contribution is -2.44. The molecule has 0 bridgehead atoms. The molecule has 3 aromatic rings. The molecule has 146 valence electrons. The van der Waals surface area contributed by atoms with E-state index in [1.807, 2.05) is 46.4 Å². The number of rotatable bonds is 4. The molecule has 2 aromatic heterocycles. The normalized spacial score (nSPS) is 16.9. The molecule has 1 N–H and O–H groups in total. The standard InChI is InChI=1S/C20H22N4O3S/c1-2-27-20(26)24-9-3-4-15(12-24)18(25)21-16-7-5-14(6-8-16)17-13-23-10-11-28-19(23)22-17/h5-8,10-11,13,15H,2-4,9,12H2,1H3,(H,21,25). The fraction of sp³-hybridized carbons (Fsp3) is 0.350. The highest BCUT2D eigenvalue weighted by Gasteiger charge is 2.29. The largest absolute Gasteiger partial charge is 0.450 e. The van der Waals surface area contributed by atoms with Crippen LogP contribution in [0, 0.1) is 5.92 Å². The number of piperidine rings is 1. The SMILES string of the molecule is CCOC(=O)N1CCCC(C(=O)Nc2ccc(-c3cn4ccsc4n3)cc2)C1. The van der Waals surface area contributed by atoms with Gasteiger partial charge in [0, 0.05) is 42.1 Å². The summed E-state index contributed by atoms with van der Waals surface area (Å²) in [4.78, 5) is 31.7. The average Bonchev–Trinajstić information content (AvgIpc) is 3.31. The Morgan fingerprint density at radius 1 is 1.32 bits per heavy atom. The molecule has 8 heteroatoms. The van der Waals surface area contributed by atoms with Crippen LogP contribution in [0.5, 0.6) is 0 Å². The van der Waals surface area contributed by atoms with Crippen molar-refractivity contribution in [3.8, 4) is 11.3 Å². The second-order valence-corrected chi connectivity index (χ2v) is 7.64. The third-order valence-corrected chi connectivity index (χ3v) is 5.63. The number of likely N-dealkylation sites (tertiary alicyclic amines) is 1. The van der Waals surface area contributed by atoms with Gasteiger partial charge in [0.2, 0.25) is 5.91 Å². The van der Waals surface area contributed by atoms with Crippen molar-refractivity contribution in [2.24, 2.45) is 5.92 Å². The van der Waals surface area contributed by atoms with Crippen LogP contribution < -0.4 is 5.32 Å². The van der Waals surface area contributed by atoms with E-state index in [-0.39, 0.29) is 17.9 Å². The Balaban J connectivity index is 1.39. The predicted molar refractivity (Wildman–Crippen MR) is 108 cm³/mol. The molecule has 0 radical (unpaired) electrons. The number of amides is 2. The number of carbonyl (C=O) groups is 2. The van der Waals surface area contributed by atoms with Crippen molar-refractivity contribution < 1.29 is 14.3 Å². The van der Waals surface area contributed by atoms with E-state index in [1.165, 1.54) is 0 Å². The van der Waals surface area contributed by atoms with Crippen LogP contribution >= 0.6 is 11.3 Å². The number of nitrogens with zero attached hydrogens (tertiary/aromatic N) is 3. The van der Waals surface area contributed by atoms with Gasteiger partial charge in [-0.2, -0.15) is 0 Å². The van der Waals surface area contributed by atoms with Crippen molar-refractivity contribution in [2.75, 3.05) is 25.0 Å². The molecule has 28 heavy (non-hydrogen) atoms. The number of imidazole rings is 1. The van der Waals surface area contributed by atoms with Gasteiger partial charge >= 0.3 is 6.09 Å². The number of fused-ring (bicyclic) bond motifs is 1. The van der Waals surface area contributed by atoms with E-state index in [9.17, 15) is 9.59 Å². The fourth-order valence-corrected chi connectivity index (χ4v) is 4.11. The van der Waals surface area contributed by atoms with Crippen molar-refractivity contribution >= 4 is 34.0 Å². The van der Waals surface area contributed by atoms with Crippen LogP contribution in [0.1, 0.15) is 19.8 Å². The minimum Gasteiger partial charge on any atom is -0.450 e. The third kappa shape index (κ3) is 3.87. The molecule has 7 nitrogen and oxygen atoms in total. The Morgan fingerprint density at radius 2 is 2.14 bits per heavy atom. The average molecular weight is 398 g/mol.